The highest BCUT2D eigenvalue weighted by atomic mass is 15.0. The van der Waals surface area contributed by atoms with E-state index >= 15 is 0 Å². The SMILES string of the molecule is [CH2-][n+]1c(-c2ccccc2)cccc1C(Nc1c(C)cc(C)cc1C)c1ccccc1-c1ccccc1. The van der Waals surface area contributed by atoms with Crippen LogP contribution in [0.4, 0.5) is 5.69 Å². The van der Waals surface area contributed by atoms with Gasteiger partial charge in [-0.25, -0.2) is 0 Å². The van der Waals surface area contributed by atoms with Crippen LogP contribution in [-0.4, -0.2) is 0 Å². The molecular formula is C34H32N2. The Labute approximate surface area is 214 Å². The molecule has 2 nitrogen and oxygen atoms in total. The van der Waals surface area contributed by atoms with Crippen LogP contribution >= 0.6 is 0 Å². The van der Waals surface area contributed by atoms with E-state index in [-0.39, 0.29) is 6.04 Å². The second-order valence-electron chi connectivity index (χ2n) is 9.43. The molecule has 0 fully saturated rings. The molecule has 178 valence electrons. The lowest BCUT2D eigenvalue weighted by Crippen LogP contribution is -2.38. The third kappa shape index (κ3) is 4.63. The van der Waals surface area contributed by atoms with E-state index < -0.39 is 0 Å². The highest BCUT2D eigenvalue weighted by Gasteiger charge is 2.23. The standard InChI is InChI=1S/C34H32N2/c1-24-22-25(2)33(26(3)23-24)35-34(30-19-12-11-18-29(30)27-14-7-5-8-15-27)32-21-13-20-31(36(32)4)28-16-9-6-10-17-28/h5-23,34-35H,4H2,1-3H3. The van der Waals surface area contributed by atoms with E-state index in [1.165, 1.54) is 39.1 Å². The fourth-order valence-corrected chi connectivity index (χ4v) is 5.16. The highest BCUT2D eigenvalue weighted by Crippen LogP contribution is 2.35. The quantitative estimate of drug-likeness (QED) is 0.197. The van der Waals surface area contributed by atoms with E-state index in [0.717, 1.165) is 17.0 Å². The van der Waals surface area contributed by atoms with Crippen LogP contribution in [0.25, 0.3) is 22.4 Å². The molecule has 1 unspecified atom stereocenters. The summed E-state index contributed by atoms with van der Waals surface area (Å²) >= 11 is 0. The zero-order valence-corrected chi connectivity index (χ0v) is 21.2. The average molecular weight is 469 g/mol. The van der Waals surface area contributed by atoms with Crippen LogP contribution in [0.5, 0.6) is 0 Å². The van der Waals surface area contributed by atoms with Gasteiger partial charge in [0.2, 0.25) is 0 Å². The first-order valence-electron chi connectivity index (χ1n) is 12.4. The van der Waals surface area contributed by atoms with Crippen molar-refractivity contribution >= 4 is 5.69 Å². The maximum Gasteiger partial charge on any atom is 0.112 e. The van der Waals surface area contributed by atoms with Crippen LogP contribution in [0.3, 0.4) is 0 Å². The fraction of sp³-hybridized carbons (Fsp3) is 0.118. The number of nitrogens with one attached hydrogen (secondary N) is 1. The summed E-state index contributed by atoms with van der Waals surface area (Å²) in [5.74, 6) is 0. The van der Waals surface area contributed by atoms with Crippen LogP contribution in [-0.2, 0) is 0 Å². The first-order valence-corrected chi connectivity index (χ1v) is 12.4. The number of aromatic nitrogens is 1. The summed E-state index contributed by atoms with van der Waals surface area (Å²) in [4.78, 5) is 0. The Morgan fingerprint density at radius 3 is 1.89 bits per heavy atom. The van der Waals surface area contributed by atoms with Crippen LogP contribution < -0.4 is 9.88 Å². The summed E-state index contributed by atoms with van der Waals surface area (Å²) in [5, 5.41) is 3.94. The minimum atomic E-state index is -0.109. The molecule has 0 spiro atoms. The third-order valence-corrected chi connectivity index (χ3v) is 6.81. The van der Waals surface area contributed by atoms with Gasteiger partial charge >= 0.3 is 0 Å². The summed E-state index contributed by atoms with van der Waals surface area (Å²) in [6.45, 7) is 6.52. The molecule has 0 saturated carbocycles. The molecule has 36 heavy (non-hydrogen) atoms. The maximum absolute atomic E-state index is 4.52. The minimum absolute atomic E-state index is 0.109. The second kappa shape index (κ2) is 10.1. The normalized spacial score (nSPS) is 11.8. The van der Waals surface area contributed by atoms with Gasteiger partial charge in [0.15, 0.2) is 0 Å². The van der Waals surface area contributed by atoms with Crippen LogP contribution in [0, 0.1) is 27.8 Å². The van der Waals surface area contributed by atoms with Gasteiger partial charge in [-0.15, -0.1) is 0 Å². The van der Waals surface area contributed by atoms with Crippen molar-refractivity contribution < 1.29 is 4.57 Å². The number of benzene rings is 4. The molecule has 1 heterocycles. The number of anilines is 1. The number of nitrogens with zero attached hydrogens (tertiary/aromatic N) is 1. The van der Waals surface area contributed by atoms with E-state index in [1.807, 2.05) is 6.07 Å². The van der Waals surface area contributed by atoms with Gasteiger partial charge in [-0.05, 0) is 60.2 Å². The maximum atomic E-state index is 4.52. The van der Waals surface area contributed by atoms with Gasteiger partial charge in [0.1, 0.15) is 11.4 Å². The van der Waals surface area contributed by atoms with Crippen molar-refractivity contribution in [3.8, 4) is 22.4 Å². The van der Waals surface area contributed by atoms with E-state index in [9.17, 15) is 0 Å². The van der Waals surface area contributed by atoms with Crippen molar-refractivity contribution in [3.63, 3.8) is 0 Å². The summed E-state index contributed by atoms with van der Waals surface area (Å²) < 4.78 is 2.08. The fourth-order valence-electron chi connectivity index (χ4n) is 5.16. The van der Waals surface area contributed by atoms with Crippen molar-refractivity contribution in [2.24, 2.45) is 0 Å². The van der Waals surface area contributed by atoms with Gasteiger partial charge < -0.3 is 9.88 Å². The van der Waals surface area contributed by atoms with E-state index in [1.54, 1.807) is 0 Å². The lowest BCUT2D eigenvalue weighted by molar-refractivity contribution is -0.610. The first-order chi connectivity index (χ1) is 17.5. The molecule has 5 aromatic rings. The Morgan fingerprint density at radius 1 is 0.639 bits per heavy atom. The predicted octanol–water partition coefficient (Wildman–Crippen LogP) is 8.07. The molecule has 0 aliphatic heterocycles. The molecule has 0 radical (unpaired) electrons. The Bertz CT molecular complexity index is 1460. The smallest absolute Gasteiger partial charge is 0.112 e. The van der Waals surface area contributed by atoms with Gasteiger partial charge in [-0.3, -0.25) is 0 Å². The van der Waals surface area contributed by atoms with Crippen molar-refractivity contribution in [1.82, 2.24) is 0 Å². The highest BCUT2D eigenvalue weighted by molar-refractivity contribution is 5.70. The summed E-state index contributed by atoms with van der Waals surface area (Å²) in [6, 6.07) is 40.6. The molecule has 0 bridgehead atoms. The number of pyridine rings is 1. The molecule has 5 rings (SSSR count). The summed E-state index contributed by atoms with van der Waals surface area (Å²) in [7, 11) is 4.52. The Hall–Kier alpha value is -4.30. The molecule has 0 saturated heterocycles. The topological polar surface area (TPSA) is 15.9 Å². The van der Waals surface area contributed by atoms with Gasteiger partial charge in [-0.2, -0.15) is 0 Å². The van der Waals surface area contributed by atoms with Gasteiger partial charge in [0.25, 0.3) is 0 Å². The number of aryl methyl sites for hydroxylation is 3. The van der Waals surface area contributed by atoms with Crippen molar-refractivity contribution in [1.29, 1.82) is 0 Å². The van der Waals surface area contributed by atoms with E-state index in [4.69, 9.17) is 0 Å². The molecule has 1 aromatic heterocycles. The van der Waals surface area contributed by atoms with E-state index in [0.29, 0.717) is 0 Å². The molecular weight excluding hydrogens is 436 g/mol. The molecule has 0 aliphatic carbocycles. The van der Waals surface area contributed by atoms with Crippen molar-refractivity contribution in [3.05, 3.63) is 150 Å². The van der Waals surface area contributed by atoms with Crippen LogP contribution in [0.2, 0.25) is 0 Å². The Balaban J connectivity index is 1.72. The first kappa shape index (κ1) is 23.4. The van der Waals surface area contributed by atoms with Gasteiger partial charge in [-0.1, -0.05) is 115 Å². The summed E-state index contributed by atoms with van der Waals surface area (Å²) in [6.07, 6.45) is 0. The number of rotatable bonds is 6. The van der Waals surface area contributed by atoms with Crippen molar-refractivity contribution in [2.75, 3.05) is 5.32 Å². The van der Waals surface area contributed by atoms with Crippen LogP contribution in [0.15, 0.2) is 115 Å². The molecule has 1 N–H and O–H groups in total. The molecule has 0 amide bonds. The third-order valence-electron chi connectivity index (χ3n) is 6.81. The van der Waals surface area contributed by atoms with E-state index in [2.05, 4.69) is 147 Å². The number of hydrogen-bond acceptors (Lipinski definition) is 1. The number of hydrogen-bond donors (Lipinski definition) is 1. The molecule has 4 aromatic carbocycles. The largest absolute Gasteiger partial charge is 0.379 e. The Kier molecular flexibility index (Phi) is 6.60. The lowest BCUT2D eigenvalue weighted by atomic mass is 9.91. The molecule has 1 atom stereocenters. The Morgan fingerprint density at radius 2 is 1.22 bits per heavy atom. The van der Waals surface area contributed by atoms with Gasteiger partial charge in [0.05, 0.1) is 6.04 Å². The van der Waals surface area contributed by atoms with Crippen molar-refractivity contribution in [2.45, 2.75) is 26.8 Å². The minimum Gasteiger partial charge on any atom is -0.379 e. The average Bonchev–Trinajstić information content (AvgIpc) is 2.90. The molecule has 0 aliphatic rings. The zero-order valence-electron chi connectivity index (χ0n) is 21.2. The summed E-state index contributed by atoms with van der Waals surface area (Å²) in [5.41, 5.74) is 11.9. The molecule has 2 heteroatoms. The predicted molar refractivity (Wildman–Crippen MR) is 151 cm³/mol. The lowest BCUT2D eigenvalue weighted by Gasteiger charge is -2.28. The van der Waals surface area contributed by atoms with Crippen LogP contribution in [0.1, 0.15) is 34.0 Å². The zero-order chi connectivity index (χ0) is 25.1. The monoisotopic (exact) mass is 468 g/mol. The second-order valence-corrected chi connectivity index (χ2v) is 9.43. The van der Waals surface area contributed by atoms with Gasteiger partial charge in [0, 0.05) is 12.7 Å².